The van der Waals surface area contributed by atoms with E-state index in [-0.39, 0.29) is 11.8 Å². The van der Waals surface area contributed by atoms with E-state index in [2.05, 4.69) is 5.10 Å². The lowest BCUT2D eigenvalue weighted by molar-refractivity contribution is -0.0398. The second-order valence-corrected chi connectivity index (χ2v) is 3.80. The first kappa shape index (κ1) is 11.4. The summed E-state index contributed by atoms with van der Waals surface area (Å²) in [5.41, 5.74) is 0.803. The standard InChI is InChI=1S/C12H12N4O/c13-8-10(9-14)7-11-4-5-15-16(11)12-3-1-2-6-17-12/h4-5,7,12H,1-3,6H2. The van der Waals surface area contributed by atoms with Crippen molar-refractivity contribution in [1.82, 2.24) is 9.78 Å². The van der Waals surface area contributed by atoms with E-state index in [0.29, 0.717) is 0 Å². The fourth-order valence-corrected chi connectivity index (χ4v) is 1.83. The van der Waals surface area contributed by atoms with Gasteiger partial charge in [-0.1, -0.05) is 0 Å². The average molecular weight is 228 g/mol. The zero-order chi connectivity index (χ0) is 12.1. The smallest absolute Gasteiger partial charge is 0.150 e. The molecule has 2 rings (SSSR count). The monoisotopic (exact) mass is 228 g/mol. The average Bonchev–Trinajstić information content (AvgIpc) is 2.85. The Labute approximate surface area is 99.5 Å². The maximum atomic E-state index is 8.72. The van der Waals surface area contributed by atoms with Crippen molar-refractivity contribution in [3.05, 3.63) is 23.5 Å². The van der Waals surface area contributed by atoms with Crippen molar-refractivity contribution in [2.75, 3.05) is 6.61 Å². The van der Waals surface area contributed by atoms with Crippen molar-refractivity contribution in [3.8, 4) is 12.1 Å². The number of allylic oxidation sites excluding steroid dienone is 1. The van der Waals surface area contributed by atoms with Crippen LogP contribution in [0, 0.1) is 22.7 Å². The first-order valence-corrected chi connectivity index (χ1v) is 5.52. The second kappa shape index (κ2) is 5.29. The lowest BCUT2D eigenvalue weighted by Crippen LogP contribution is -2.20. The number of nitrogens with zero attached hydrogens (tertiary/aromatic N) is 4. The maximum Gasteiger partial charge on any atom is 0.150 e. The highest BCUT2D eigenvalue weighted by Crippen LogP contribution is 2.23. The van der Waals surface area contributed by atoms with E-state index < -0.39 is 0 Å². The van der Waals surface area contributed by atoms with Gasteiger partial charge in [-0.2, -0.15) is 15.6 Å². The van der Waals surface area contributed by atoms with Gasteiger partial charge in [0.05, 0.1) is 5.69 Å². The van der Waals surface area contributed by atoms with Gasteiger partial charge in [-0.15, -0.1) is 0 Å². The first-order valence-electron chi connectivity index (χ1n) is 5.52. The van der Waals surface area contributed by atoms with E-state index in [4.69, 9.17) is 15.3 Å². The third-order valence-corrected chi connectivity index (χ3v) is 2.66. The van der Waals surface area contributed by atoms with Crippen molar-refractivity contribution in [2.45, 2.75) is 25.5 Å². The Kier molecular flexibility index (Phi) is 3.54. The molecule has 1 unspecified atom stereocenters. The predicted octanol–water partition coefficient (Wildman–Crippen LogP) is 2.01. The molecule has 86 valence electrons. The Balaban J connectivity index is 2.26. The lowest BCUT2D eigenvalue weighted by Gasteiger charge is -2.23. The van der Waals surface area contributed by atoms with Crippen molar-refractivity contribution >= 4 is 6.08 Å². The van der Waals surface area contributed by atoms with Crippen LogP contribution < -0.4 is 0 Å². The van der Waals surface area contributed by atoms with Gasteiger partial charge in [-0.3, -0.25) is 0 Å². The SMILES string of the molecule is N#CC(C#N)=Cc1ccnn1C1CCCCO1. The van der Waals surface area contributed by atoms with Crippen LogP contribution in [0.2, 0.25) is 0 Å². The summed E-state index contributed by atoms with van der Waals surface area (Å²) < 4.78 is 7.35. The molecule has 1 saturated heterocycles. The highest BCUT2D eigenvalue weighted by atomic mass is 16.5. The number of aromatic nitrogens is 2. The van der Waals surface area contributed by atoms with E-state index in [1.807, 2.05) is 12.1 Å². The van der Waals surface area contributed by atoms with Crippen LogP contribution in [0.5, 0.6) is 0 Å². The maximum absolute atomic E-state index is 8.72. The predicted molar refractivity (Wildman–Crippen MR) is 60.3 cm³/mol. The summed E-state index contributed by atoms with van der Waals surface area (Å²) in [7, 11) is 0. The molecule has 0 amide bonds. The molecule has 0 aromatic carbocycles. The molecule has 1 aromatic rings. The Hall–Kier alpha value is -2.11. The summed E-state index contributed by atoms with van der Waals surface area (Å²) in [6.45, 7) is 0.733. The summed E-state index contributed by atoms with van der Waals surface area (Å²) >= 11 is 0. The topological polar surface area (TPSA) is 74.6 Å². The Morgan fingerprint density at radius 1 is 1.47 bits per heavy atom. The van der Waals surface area contributed by atoms with Crippen LogP contribution in [0.25, 0.3) is 6.08 Å². The molecule has 17 heavy (non-hydrogen) atoms. The lowest BCUT2D eigenvalue weighted by atomic mass is 10.2. The zero-order valence-electron chi connectivity index (χ0n) is 9.33. The van der Waals surface area contributed by atoms with Crippen LogP contribution in [0.4, 0.5) is 0 Å². The molecule has 0 N–H and O–H groups in total. The number of hydrogen-bond acceptors (Lipinski definition) is 4. The summed E-state index contributed by atoms with van der Waals surface area (Å²) in [6.07, 6.45) is 6.20. The van der Waals surface area contributed by atoms with Crippen LogP contribution in [-0.2, 0) is 4.74 Å². The molecule has 1 aliphatic rings. The van der Waals surface area contributed by atoms with Crippen LogP contribution in [0.3, 0.4) is 0 Å². The largest absolute Gasteiger partial charge is 0.356 e. The molecule has 5 nitrogen and oxygen atoms in total. The van der Waals surface area contributed by atoms with E-state index in [9.17, 15) is 0 Å². The normalized spacial score (nSPS) is 19.1. The molecule has 1 atom stereocenters. The van der Waals surface area contributed by atoms with Gasteiger partial charge in [0.1, 0.15) is 17.7 Å². The van der Waals surface area contributed by atoms with E-state index >= 15 is 0 Å². The summed E-state index contributed by atoms with van der Waals surface area (Å²) in [6, 6.07) is 5.45. The van der Waals surface area contributed by atoms with Gasteiger partial charge >= 0.3 is 0 Å². The van der Waals surface area contributed by atoms with Gasteiger partial charge in [0.15, 0.2) is 6.23 Å². The minimum atomic E-state index is -0.0800. The second-order valence-electron chi connectivity index (χ2n) is 3.80. The molecule has 1 fully saturated rings. The van der Waals surface area contributed by atoms with Gasteiger partial charge < -0.3 is 4.74 Å². The van der Waals surface area contributed by atoms with Crippen molar-refractivity contribution in [3.63, 3.8) is 0 Å². The Bertz CT molecular complexity index is 481. The van der Waals surface area contributed by atoms with Gasteiger partial charge in [0.25, 0.3) is 0 Å². The molecule has 2 heterocycles. The molecule has 0 bridgehead atoms. The summed E-state index contributed by atoms with van der Waals surface area (Å²) in [5, 5.41) is 21.6. The highest BCUT2D eigenvalue weighted by Gasteiger charge is 2.18. The number of ether oxygens (including phenoxy) is 1. The van der Waals surface area contributed by atoms with Gasteiger partial charge in [-0.05, 0) is 31.4 Å². The third kappa shape index (κ3) is 2.52. The molecule has 1 aliphatic heterocycles. The third-order valence-electron chi connectivity index (χ3n) is 2.66. The molecule has 0 spiro atoms. The van der Waals surface area contributed by atoms with Crippen molar-refractivity contribution < 1.29 is 4.74 Å². The fourth-order valence-electron chi connectivity index (χ4n) is 1.83. The molecule has 0 aliphatic carbocycles. The quantitative estimate of drug-likeness (QED) is 0.725. The highest BCUT2D eigenvalue weighted by molar-refractivity contribution is 5.59. The van der Waals surface area contributed by atoms with Gasteiger partial charge in [0, 0.05) is 12.8 Å². The van der Waals surface area contributed by atoms with Crippen LogP contribution >= 0.6 is 0 Å². The Morgan fingerprint density at radius 3 is 2.94 bits per heavy atom. The van der Waals surface area contributed by atoms with E-state index in [1.165, 1.54) is 6.08 Å². The van der Waals surface area contributed by atoms with Gasteiger partial charge in [0.2, 0.25) is 0 Å². The minimum absolute atomic E-state index is 0.0718. The van der Waals surface area contributed by atoms with Crippen LogP contribution in [-0.4, -0.2) is 16.4 Å². The van der Waals surface area contributed by atoms with Crippen LogP contribution in [0.15, 0.2) is 17.8 Å². The number of nitriles is 2. The zero-order valence-corrected chi connectivity index (χ0v) is 9.33. The molecule has 0 radical (unpaired) electrons. The fraction of sp³-hybridized carbons (Fsp3) is 0.417. The molecular formula is C12H12N4O. The first-order chi connectivity index (χ1) is 8.35. The van der Waals surface area contributed by atoms with Crippen molar-refractivity contribution in [1.29, 1.82) is 10.5 Å². The molecular weight excluding hydrogens is 216 g/mol. The van der Waals surface area contributed by atoms with Crippen molar-refractivity contribution in [2.24, 2.45) is 0 Å². The molecule has 5 heteroatoms. The number of hydrogen-bond donors (Lipinski definition) is 0. The minimum Gasteiger partial charge on any atom is -0.356 e. The number of rotatable bonds is 2. The van der Waals surface area contributed by atoms with Crippen LogP contribution in [0.1, 0.15) is 31.2 Å². The Morgan fingerprint density at radius 2 is 2.29 bits per heavy atom. The van der Waals surface area contributed by atoms with E-state index in [0.717, 1.165) is 31.6 Å². The summed E-state index contributed by atoms with van der Waals surface area (Å²) in [4.78, 5) is 0. The van der Waals surface area contributed by atoms with Gasteiger partial charge in [-0.25, -0.2) is 4.68 Å². The molecule has 0 saturated carbocycles. The molecule has 1 aromatic heterocycles. The van der Waals surface area contributed by atoms with E-state index in [1.54, 1.807) is 16.9 Å². The summed E-state index contributed by atoms with van der Waals surface area (Å²) in [5.74, 6) is 0.